The predicted molar refractivity (Wildman–Crippen MR) is 133 cm³/mol. The van der Waals surface area contributed by atoms with Crippen LogP contribution in [0.2, 0.25) is 10.0 Å². The number of carbonyl (C=O) groups is 1. The highest BCUT2D eigenvalue weighted by Gasteiger charge is 2.18. The zero-order chi connectivity index (χ0) is 22.8. The maximum absolute atomic E-state index is 13.5. The number of carbonyl (C=O) groups excluding carboxylic acids is 1. The fourth-order valence-corrected chi connectivity index (χ4v) is 4.78. The molecule has 0 saturated heterocycles. The Morgan fingerprint density at radius 1 is 0.969 bits per heavy atom. The molecule has 32 heavy (non-hydrogen) atoms. The molecule has 0 radical (unpaired) electrons. The van der Waals surface area contributed by atoms with E-state index in [0.717, 1.165) is 16.8 Å². The Bertz CT molecular complexity index is 1360. The van der Waals surface area contributed by atoms with Gasteiger partial charge >= 0.3 is 0 Å². The van der Waals surface area contributed by atoms with Crippen molar-refractivity contribution in [3.05, 3.63) is 92.2 Å². The minimum Gasteiger partial charge on any atom is -0.323 e. The smallest absolute Gasteiger partial charge is 0.266 e. The van der Waals surface area contributed by atoms with Crippen LogP contribution in [-0.4, -0.2) is 21.2 Å². The third-order valence-electron chi connectivity index (χ3n) is 4.97. The van der Waals surface area contributed by atoms with Crippen molar-refractivity contribution in [2.75, 3.05) is 11.1 Å². The van der Waals surface area contributed by atoms with Gasteiger partial charge in [0, 0.05) is 0 Å². The lowest BCUT2D eigenvalue weighted by atomic mass is 10.1. The molecule has 3 aromatic carbocycles. The molecule has 0 spiro atoms. The zero-order valence-electron chi connectivity index (χ0n) is 17.4. The molecule has 1 aromatic heterocycles. The van der Waals surface area contributed by atoms with Gasteiger partial charge in [0.2, 0.25) is 5.91 Å². The maximum Gasteiger partial charge on any atom is 0.266 e. The first-order chi connectivity index (χ1) is 15.4. The fourth-order valence-electron chi connectivity index (χ4n) is 3.49. The van der Waals surface area contributed by atoms with Crippen LogP contribution in [0, 0.1) is 13.8 Å². The van der Waals surface area contributed by atoms with E-state index in [-0.39, 0.29) is 17.2 Å². The average Bonchev–Trinajstić information content (AvgIpc) is 2.76. The van der Waals surface area contributed by atoms with Crippen molar-refractivity contribution >= 4 is 57.5 Å². The van der Waals surface area contributed by atoms with Crippen LogP contribution < -0.4 is 10.9 Å². The second-order valence-electron chi connectivity index (χ2n) is 7.23. The standard InChI is InChI=1S/C24H19Cl2N3O2S/c1-14-7-5-8-15(2)22(14)29-23(31)16-9-3-4-12-19(16)27-24(29)32-13-20(30)28-21-17(25)10-6-11-18(21)26/h3-12H,13H2,1-2H3,(H,28,30). The number of halogens is 2. The summed E-state index contributed by atoms with van der Waals surface area (Å²) in [5, 5.41) is 4.41. The van der Waals surface area contributed by atoms with Crippen molar-refractivity contribution < 1.29 is 4.79 Å². The summed E-state index contributed by atoms with van der Waals surface area (Å²) in [6, 6.07) is 18.1. The van der Waals surface area contributed by atoms with Crippen molar-refractivity contribution in [3.63, 3.8) is 0 Å². The van der Waals surface area contributed by atoms with E-state index in [1.807, 2.05) is 44.2 Å². The van der Waals surface area contributed by atoms with Crippen LogP contribution in [-0.2, 0) is 4.79 Å². The van der Waals surface area contributed by atoms with Gasteiger partial charge in [-0.15, -0.1) is 0 Å². The summed E-state index contributed by atoms with van der Waals surface area (Å²) >= 11 is 13.5. The summed E-state index contributed by atoms with van der Waals surface area (Å²) in [6.45, 7) is 3.90. The predicted octanol–water partition coefficient (Wildman–Crippen LogP) is 6.04. The molecule has 0 aliphatic rings. The molecule has 0 saturated carbocycles. The quantitative estimate of drug-likeness (QED) is 0.277. The molecule has 0 bridgehead atoms. The van der Waals surface area contributed by atoms with Crippen LogP contribution in [0.4, 0.5) is 5.69 Å². The molecule has 4 aromatic rings. The highest BCUT2D eigenvalue weighted by Crippen LogP contribution is 2.30. The van der Waals surface area contributed by atoms with Gasteiger partial charge in [0.05, 0.1) is 38.1 Å². The number of aryl methyl sites for hydroxylation is 2. The molecule has 5 nitrogen and oxygen atoms in total. The van der Waals surface area contributed by atoms with Crippen molar-refractivity contribution in [2.45, 2.75) is 19.0 Å². The summed E-state index contributed by atoms with van der Waals surface area (Å²) in [5.41, 5.74) is 3.42. The van der Waals surface area contributed by atoms with E-state index in [1.165, 1.54) is 11.8 Å². The molecule has 1 N–H and O–H groups in total. The van der Waals surface area contributed by atoms with Gasteiger partial charge in [0.15, 0.2) is 5.16 Å². The van der Waals surface area contributed by atoms with Crippen LogP contribution in [0.3, 0.4) is 0 Å². The lowest BCUT2D eigenvalue weighted by molar-refractivity contribution is -0.113. The number of para-hydroxylation sites is 3. The van der Waals surface area contributed by atoms with Crippen molar-refractivity contribution in [1.29, 1.82) is 0 Å². The molecule has 162 valence electrons. The minimum absolute atomic E-state index is 0.0251. The Hall–Kier alpha value is -2.80. The fraction of sp³-hybridized carbons (Fsp3) is 0.125. The normalized spacial score (nSPS) is 11.0. The number of aromatic nitrogens is 2. The molecule has 0 aliphatic carbocycles. The monoisotopic (exact) mass is 483 g/mol. The first-order valence-electron chi connectivity index (χ1n) is 9.82. The zero-order valence-corrected chi connectivity index (χ0v) is 19.7. The van der Waals surface area contributed by atoms with Crippen LogP contribution in [0.1, 0.15) is 11.1 Å². The van der Waals surface area contributed by atoms with Gasteiger partial charge in [-0.1, -0.05) is 71.4 Å². The van der Waals surface area contributed by atoms with Crippen molar-refractivity contribution in [1.82, 2.24) is 9.55 Å². The summed E-state index contributed by atoms with van der Waals surface area (Å²) in [4.78, 5) is 30.8. The molecule has 0 aliphatic heterocycles. The molecular weight excluding hydrogens is 465 g/mol. The van der Waals surface area contributed by atoms with E-state index >= 15 is 0 Å². The number of amides is 1. The van der Waals surface area contributed by atoms with Gasteiger partial charge in [0.25, 0.3) is 5.56 Å². The number of benzene rings is 3. The highest BCUT2D eigenvalue weighted by molar-refractivity contribution is 7.99. The number of rotatable bonds is 5. The molecule has 0 unspecified atom stereocenters. The number of nitrogens with one attached hydrogen (secondary N) is 1. The van der Waals surface area contributed by atoms with E-state index in [2.05, 4.69) is 5.32 Å². The molecule has 8 heteroatoms. The second-order valence-corrected chi connectivity index (χ2v) is 8.98. The lowest BCUT2D eigenvalue weighted by Gasteiger charge is -2.17. The van der Waals surface area contributed by atoms with Crippen LogP contribution in [0.15, 0.2) is 70.6 Å². The Kier molecular flexibility index (Phi) is 6.55. The summed E-state index contributed by atoms with van der Waals surface area (Å²) < 4.78 is 1.59. The van der Waals surface area contributed by atoms with Crippen molar-refractivity contribution in [2.24, 2.45) is 0 Å². The second kappa shape index (κ2) is 9.36. The minimum atomic E-state index is -0.305. The summed E-state index contributed by atoms with van der Waals surface area (Å²) in [6.07, 6.45) is 0. The molecular formula is C24H19Cl2N3O2S. The molecule has 4 rings (SSSR count). The number of hydrogen-bond acceptors (Lipinski definition) is 4. The third-order valence-corrected chi connectivity index (χ3v) is 6.54. The highest BCUT2D eigenvalue weighted by atomic mass is 35.5. The number of hydrogen-bond donors (Lipinski definition) is 1. The van der Waals surface area contributed by atoms with Gasteiger partial charge < -0.3 is 5.32 Å². The molecule has 1 heterocycles. The molecule has 0 atom stereocenters. The Balaban J connectivity index is 1.74. The van der Waals surface area contributed by atoms with Gasteiger partial charge in [0.1, 0.15) is 0 Å². The topological polar surface area (TPSA) is 64.0 Å². The Labute approximate surface area is 199 Å². The van der Waals surface area contributed by atoms with E-state index in [4.69, 9.17) is 28.2 Å². The largest absolute Gasteiger partial charge is 0.323 e. The van der Waals surface area contributed by atoms with Gasteiger partial charge in [-0.3, -0.25) is 14.2 Å². The van der Waals surface area contributed by atoms with E-state index in [9.17, 15) is 9.59 Å². The van der Waals surface area contributed by atoms with Crippen LogP contribution in [0.25, 0.3) is 16.6 Å². The Morgan fingerprint density at radius 2 is 1.59 bits per heavy atom. The SMILES string of the molecule is Cc1cccc(C)c1-n1c(SCC(=O)Nc2c(Cl)cccc2Cl)nc2ccccc2c1=O. The van der Waals surface area contributed by atoms with Gasteiger partial charge in [-0.2, -0.15) is 0 Å². The first kappa shape index (κ1) is 22.4. The van der Waals surface area contributed by atoms with Crippen LogP contribution in [0.5, 0.6) is 0 Å². The molecule has 1 amide bonds. The first-order valence-corrected chi connectivity index (χ1v) is 11.6. The van der Waals surface area contributed by atoms with E-state index in [0.29, 0.717) is 31.8 Å². The summed E-state index contributed by atoms with van der Waals surface area (Å²) in [5.74, 6) is -0.280. The van der Waals surface area contributed by atoms with Gasteiger partial charge in [-0.05, 0) is 49.2 Å². The Morgan fingerprint density at radius 3 is 2.28 bits per heavy atom. The molecule has 0 fully saturated rings. The number of fused-ring (bicyclic) bond motifs is 1. The lowest BCUT2D eigenvalue weighted by Crippen LogP contribution is -2.24. The van der Waals surface area contributed by atoms with Crippen molar-refractivity contribution in [3.8, 4) is 5.69 Å². The van der Waals surface area contributed by atoms with Gasteiger partial charge in [-0.25, -0.2) is 4.98 Å². The van der Waals surface area contributed by atoms with Crippen LogP contribution >= 0.6 is 35.0 Å². The number of thioether (sulfide) groups is 1. The maximum atomic E-state index is 13.5. The average molecular weight is 484 g/mol. The van der Waals surface area contributed by atoms with E-state index < -0.39 is 0 Å². The third kappa shape index (κ3) is 4.39. The number of anilines is 1. The van der Waals surface area contributed by atoms with E-state index in [1.54, 1.807) is 34.9 Å². The summed E-state index contributed by atoms with van der Waals surface area (Å²) in [7, 11) is 0. The number of nitrogens with zero attached hydrogens (tertiary/aromatic N) is 2.